The Bertz CT molecular complexity index is 166. The molecule has 0 rings (SSSR count). The number of rotatable bonds is 0. The fourth-order valence-corrected chi connectivity index (χ4v) is 0. The van der Waals surface area contributed by atoms with Crippen molar-refractivity contribution in [3.63, 3.8) is 0 Å². The zero-order valence-electron chi connectivity index (χ0n) is 3.95. The summed E-state index contributed by atoms with van der Waals surface area (Å²) in [5, 5.41) is 0. The maximum Gasteiger partial charge on any atom is 0.478 e. The monoisotopic (exact) mass is 147 g/mol. The topological polar surface area (TPSA) is 40.9 Å². The van der Waals surface area contributed by atoms with Crippen molar-refractivity contribution in [2.75, 3.05) is 6.26 Å². The minimum Gasteiger partial charge on any atom is -0.246 e. The van der Waals surface area contributed by atoms with Gasteiger partial charge in [-0.05, 0) is 0 Å². The number of hydrogen-bond donors (Lipinski definition) is 1. The van der Waals surface area contributed by atoms with Crippen LogP contribution in [-0.2, 0) is 9.73 Å². The van der Waals surface area contributed by atoms with Crippen molar-refractivity contribution in [2.45, 2.75) is 5.51 Å². The summed E-state index contributed by atoms with van der Waals surface area (Å²) in [7, 11) is -4.34. The van der Waals surface area contributed by atoms with Gasteiger partial charge in [0.2, 0.25) is 0 Å². The summed E-state index contributed by atoms with van der Waals surface area (Å²) in [5.74, 6) is 0. The summed E-state index contributed by atoms with van der Waals surface area (Å²) < 4.78 is 49.0. The van der Waals surface area contributed by atoms with Crippen molar-refractivity contribution in [1.82, 2.24) is 0 Å². The lowest BCUT2D eigenvalue weighted by Gasteiger charge is -2.02. The van der Waals surface area contributed by atoms with Gasteiger partial charge in [0.1, 0.15) is 9.73 Å². The van der Waals surface area contributed by atoms with Gasteiger partial charge < -0.3 is 0 Å². The molecule has 0 aromatic carbocycles. The van der Waals surface area contributed by atoms with Gasteiger partial charge in [-0.3, -0.25) is 0 Å². The van der Waals surface area contributed by atoms with Gasteiger partial charge in [-0.2, -0.15) is 13.2 Å². The van der Waals surface area contributed by atoms with Crippen LogP contribution in [0, 0.1) is 4.78 Å². The number of halogens is 3. The zero-order valence-corrected chi connectivity index (χ0v) is 4.77. The first kappa shape index (κ1) is 7.74. The molecule has 0 aromatic rings. The SMILES string of the molecule is CS(=N)(=O)C(F)(F)F. The first-order chi connectivity index (χ1) is 3.25. The lowest BCUT2D eigenvalue weighted by molar-refractivity contribution is -0.0400. The van der Waals surface area contributed by atoms with E-state index in [1.165, 1.54) is 0 Å². The highest BCUT2D eigenvalue weighted by molar-refractivity contribution is 7.92. The van der Waals surface area contributed by atoms with Crippen LogP contribution in [0.25, 0.3) is 0 Å². The normalized spacial score (nSPS) is 20.0. The van der Waals surface area contributed by atoms with Crippen LogP contribution in [0.5, 0.6) is 0 Å². The average Bonchev–Trinajstić information content (AvgIpc) is 1.25. The average molecular weight is 147 g/mol. The lowest BCUT2D eigenvalue weighted by atomic mass is 11.6. The van der Waals surface area contributed by atoms with E-state index in [-0.39, 0.29) is 0 Å². The number of nitrogens with one attached hydrogen (secondary N) is 1. The molecule has 0 aliphatic heterocycles. The highest BCUT2D eigenvalue weighted by atomic mass is 32.2. The Hall–Kier alpha value is -0.260. The van der Waals surface area contributed by atoms with E-state index in [1.54, 1.807) is 0 Å². The molecule has 0 saturated carbocycles. The molecular formula is C2H4F3NOS. The third-order valence-corrected chi connectivity index (χ3v) is 1.33. The lowest BCUT2D eigenvalue weighted by Crippen LogP contribution is -2.19. The molecule has 0 heterocycles. The summed E-state index contributed by atoms with van der Waals surface area (Å²) in [6, 6.07) is 0. The van der Waals surface area contributed by atoms with E-state index in [0.717, 1.165) is 0 Å². The molecule has 0 amide bonds. The number of hydrogen-bond acceptors (Lipinski definition) is 2. The van der Waals surface area contributed by atoms with Crippen LogP contribution in [0.2, 0.25) is 0 Å². The number of alkyl halides is 3. The smallest absolute Gasteiger partial charge is 0.246 e. The van der Waals surface area contributed by atoms with Crippen molar-refractivity contribution >= 4 is 9.73 Å². The molecule has 0 aliphatic rings. The molecule has 0 spiro atoms. The molecule has 1 N–H and O–H groups in total. The van der Waals surface area contributed by atoms with Gasteiger partial charge in [0, 0.05) is 6.26 Å². The van der Waals surface area contributed by atoms with E-state index in [2.05, 4.69) is 0 Å². The Labute approximate surface area is 44.7 Å². The standard InChI is InChI=1S/C2H4F3NOS/c1-8(6,7)2(3,4)5/h6H,1H3. The molecule has 0 radical (unpaired) electrons. The molecule has 0 aromatic heterocycles. The van der Waals surface area contributed by atoms with E-state index < -0.39 is 15.2 Å². The Kier molecular flexibility index (Phi) is 1.56. The Morgan fingerprint density at radius 1 is 1.50 bits per heavy atom. The molecule has 1 atom stereocenters. The van der Waals surface area contributed by atoms with Crippen LogP contribution in [0.1, 0.15) is 0 Å². The molecule has 1 unspecified atom stereocenters. The molecule has 50 valence electrons. The van der Waals surface area contributed by atoms with E-state index in [0.29, 0.717) is 6.26 Å². The van der Waals surface area contributed by atoms with Crippen LogP contribution in [0.15, 0.2) is 0 Å². The first-order valence-electron chi connectivity index (χ1n) is 1.55. The van der Waals surface area contributed by atoms with E-state index in [4.69, 9.17) is 4.78 Å². The summed E-state index contributed by atoms with van der Waals surface area (Å²) >= 11 is 0. The molecule has 0 aliphatic carbocycles. The zero-order chi connectivity index (χ0) is 7.00. The Morgan fingerprint density at radius 3 is 1.62 bits per heavy atom. The van der Waals surface area contributed by atoms with Gasteiger partial charge in [-0.1, -0.05) is 0 Å². The second kappa shape index (κ2) is 1.61. The largest absolute Gasteiger partial charge is 0.478 e. The van der Waals surface area contributed by atoms with Crippen molar-refractivity contribution in [1.29, 1.82) is 4.78 Å². The van der Waals surface area contributed by atoms with Crippen molar-refractivity contribution < 1.29 is 17.4 Å². The summed E-state index contributed by atoms with van der Waals surface area (Å²) in [5.41, 5.74) is -4.87. The fraction of sp³-hybridized carbons (Fsp3) is 1.00. The molecule has 0 fully saturated rings. The molecule has 0 bridgehead atoms. The van der Waals surface area contributed by atoms with Crippen LogP contribution in [0.4, 0.5) is 13.2 Å². The minimum absolute atomic E-state index is 0.340. The van der Waals surface area contributed by atoms with Crippen molar-refractivity contribution in [2.24, 2.45) is 0 Å². The predicted octanol–water partition coefficient (Wildman–Crippen LogP) is 1.18. The van der Waals surface area contributed by atoms with Crippen LogP contribution in [0.3, 0.4) is 0 Å². The maximum atomic E-state index is 11.1. The molecule has 6 heteroatoms. The van der Waals surface area contributed by atoms with Crippen molar-refractivity contribution in [3.05, 3.63) is 0 Å². The van der Waals surface area contributed by atoms with Gasteiger partial charge in [0.15, 0.2) is 0 Å². The Balaban J connectivity index is 4.53. The third-order valence-electron chi connectivity index (χ3n) is 0.442. The fourth-order valence-electron chi connectivity index (χ4n) is 0. The molecule has 2 nitrogen and oxygen atoms in total. The van der Waals surface area contributed by atoms with Gasteiger partial charge in [-0.15, -0.1) is 0 Å². The van der Waals surface area contributed by atoms with E-state index >= 15 is 0 Å². The third kappa shape index (κ3) is 1.69. The van der Waals surface area contributed by atoms with Gasteiger partial charge in [-0.25, -0.2) is 8.99 Å². The Morgan fingerprint density at radius 2 is 1.62 bits per heavy atom. The van der Waals surface area contributed by atoms with Crippen LogP contribution in [-0.4, -0.2) is 16.0 Å². The van der Waals surface area contributed by atoms with Gasteiger partial charge in [0.25, 0.3) is 0 Å². The summed E-state index contributed by atoms with van der Waals surface area (Å²) in [4.78, 5) is 0. The van der Waals surface area contributed by atoms with E-state index in [1.807, 2.05) is 0 Å². The van der Waals surface area contributed by atoms with Crippen LogP contribution < -0.4 is 0 Å². The highest BCUT2D eigenvalue weighted by Gasteiger charge is 2.37. The molecular weight excluding hydrogens is 143 g/mol. The van der Waals surface area contributed by atoms with Crippen molar-refractivity contribution in [3.8, 4) is 0 Å². The maximum absolute atomic E-state index is 11.1. The predicted molar refractivity (Wildman–Crippen MR) is 22.8 cm³/mol. The van der Waals surface area contributed by atoms with Crippen LogP contribution >= 0.6 is 0 Å². The summed E-state index contributed by atoms with van der Waals surface area (Å²) in [6.45, 7) is 0. The first-order valence-corrected chi connectivity index (χ1v) is 3.52. The van der Waals surface area contributed by atoms with Gasteiger partial charge in [0.05, 0.1) is 0 Å². The van der Waals surface area contributed by atoms with Gasteiger partial charge >= 0.3 is 5.51 Å². The van der Waals surface area contributed by atoms with E-state index in [9.17, 15) is 17.4 Å². The molecule has 8 heavy (non-hydrogen) atoms. The summed E-state index contributed by atoms with van der Waals surface area (Å²) in [6.07, 6.45) is 0.340. The second-order valence-corrected chi connectivity index (χ2v) is 3.44. The molecule has 0 saturated heterocycles. The highest BCUT2D eigenvalue weighted by Crippen LogP contribution is 2.21. The minimum atomic E-state index is -4.87. The quantitative estimate of drug-likeness (QED) is 0.549. The second-order valence-electron chi connectivity index (χ2n) is 1.29.